The number of furan rings is 1. The second-order valence-corrected chi connectivity index (χ2v) is 4.95. The van der Waals surface area contributed by atoms with Crippen LogP contribution in [0.2, 0.25) is 0 Å². The van der Waals surface area contributed by atoms with E-state index in [2.05, 4.69) is 11.4 Å². The van der Waals surface area contributed by atoms with Gasteiger partial charge in [0.2, 0.25) is 5.91 Å². The van der Waals surface area contributed by atoms with Gasteiger partial charge < -0.3 is 14.8 Å². The van der Waals surface area contributed by atoms with E-state index < -0.39 is 6.04 Å². The molecule has 0 fully saturated rings. The molecule has 2 rings (SSSR count). The lowest BCUT2D eigenvalue weighted by atomic mass is 10.1. The summed E-state index contributed by atoms with van der Waals surface area (Å²) in [6, 6.07) is 8.95. The first-order chi connectivity index (χ1) is 10.1. The Morgan fingerprint density at radius 3 is 2.81 bits per heavy atom. The van der Waals surface area contributed by atoms with Gasteiger partial charge in [0, 0.05) is 6.08 Å². The number of carbonyl (C=O) groups is 1. The average Bonchev–Trinajstić information content (AvgIpc) is 2.98. The van der Waals surface area contributed by atoms with Crippen LogP contribution in [0.15, 0.2) is 47.1 Å². The average molecular weight is 285 g/mol. The quantitative estimate of drug-likeness (QED) is 0.830. The van der Waals surface area contributed by atoms with Gasteiger partial charge in [-0.1, -0.05) is 23.8 Å². The summed E-state index contributed by atoms with van der Waals surface area (Å²) in [5.74, 6) is 0.260. The standard InChI is InChI=1S/C17H19NO3/c1-12-5-6-14(13(2)10-12)7-8-17(20)18-15(11-19)16-4-3-9-21-16/h3-10,15,19H,11H2,1-2H3,(H,18,20)/b8-7+. The Hall–Kier alpha value is -2.33. The Labute approximate surface area is 124 Å². The third kappa shape index (κ3) is 4.07. The zero-order valence-electron chi connectivity index (χ0n) is 12.2. The van der Waals surface area contributed by atoms with Crippen LogP contribution in [0.3, 0.4) is 0 Å². The number of aliphatic hydroxyl groups excluding tert-OH is 1. The van der Waals surface area contributed by atoms with Crippen molar-refractivity contribution in [3.63, 3.8) is 0 Å². The highest BCUT2D eigenvalue weighted by Crippen LogP contribution is 2.14. The van der Waals surface area contributed by atoms with Gasteiger partial charge in [-0.05, 0) is 43.2 Å². The normalized spacial score (nSPS) is 12.5. The topological polar surface area (TPSA) is 62.5 Å². The molecule has 110 valence electrons. The smallest absolute Gasteiger partial charge is 0.244 e. The zero-order valence-corrected chi connectivity index (χ0v) is 12.2. The van der Waals surface area contributed by atoms with Crippen LogP contribution in [0.25, 0.3) is 6.08 Å². The van der Waals surface area contributed by atoms with Crippen LogP contribution in [0.4, 0.5) is 0 Å². The molecule has 1 unspecified atom stereocenters. The second-order valence-electron chi connectivity index (χ2n) is 4.95. The molecule has 0 bridgehead atoms. The van der Waals surface area contributed by atoms with Gasteiger partial charge in [0.05, 0.1) is 12.9 Å². The van der Waals surface area contributed by atoms with Gasteiger partial charge in [-0.25, -0.2) is 0 Å². The zero-order chi connectivity index (χ0) is 15.2. The lowest BCUT2D eigenvalue weighted by molar-refractivity contribution is -0.117. The maximum atomic E-state index is 11.9. The van der Waals surface area contributed by atoms with Crippen molar-refractivity contribution >= 4 is 12.0 Å². The fourth-order valence-corrected chi connectivity index (χ4v) is 2.09. The molecule has 1 heterocycles. The molecule has 0 radical (unpaired) electrons. The van der Waals surface area contributed by atoms with Crippen LogP contribution >= 0.6 is 0 Å². The van der Waals surface area contributed by atoms with Gasteiger partial charge in [-0.2, -0.15) is 0 Å². The van der Waals surface area contributed by atoms with Crippen LogP contribution < -0.4 is 5.32 Å². The van der Waals surface area contributed by atoms with Gasteiger partial charge in [0.15, 0.2) is 0 Å². The number of hydrogen-bond donors (Lipinski definition) is 2. The molecule has 0 spiro atoms. The summed E-state index contributed by atoms with van der Waals surface area (Å²) < 4.78 is 5.18. The number of aryl methyl sites for hydroxylation is 2. The molecule has 4 heteroatoms. The molecule has 0 saturated carbocycles. The molecular weight excluding hydrogens is 266 g/mol. The molecule has 1 aromatic heterocycles. The van der Waals surface area contributed by atoms with E-state index in [-0.39, 0.29) is 12.5 Å². The van der Waals surface area contributed by atoms with Crippen molar-refractivity contribution in [2.24, 2.45) is 0 Å². The monoisotopic (exact) mass is 285 g/mol. The number of nitrogens with one attached hydrogen (secondary N) is 1. The molecule has 0 aliphatic carbocycles. The summed E-state index contributed by atoms with van der Waals surface area (Å²) >= 11 is 0. The van der Waals surface area contributed by atoms with E-state index in [0.717, 1.165) is 11.1 Å². The van der Waals surface area contributed by atoms with Crippen molar-refractivity contribution in [3.8, 4) is 0 Å². The van der Waals surface area contributed by atoms with Crippen molar-refractivity contribution in [2.45, 2.75) is 19.9 Å². The Morgan fingerprint density at radius 2 is 2.19 bits per heavy atom. The molecule has 1 aromatic carbocycles. The molecule has 1 amide bonds. The van der Waals surface area contributed by atoms with Gasteiger partial charge in [0.25, 0.3) is 0 Å². The summed E-state index contributed by atoms with van der Waals surface area (Å²) in [4.78, 5) is 11.9. The maximum absolute atomic E-state index is 11.9. The Kier molecular flexibility index (Phi) is 4.95. The number of amides is 1. The molecule has 0 aliphatic heterocycles. The second kappa shape index (κ2) is 6.90. The Bertz CT molecular complexity index is 629. The first-order valence-corrected chi connectivity index (χ1v) is 6.80. The molecule has 0 aliphatic rings. The minimum atomic E-state index is -0.531. The van der Waals surface area contributed by atoms with E-state index in [1.165, 1.54) is 17.9 Å². The van der Waals surface area contributed by atoms with Crippen LogP contribution in [0, 0.1) is 13.8 Å². The summed E-state index contributed by atoms with van der Waals surface area (Å²) in [7, 11) is 0. The van der Waals surface area contributed by atoms with Gasteiger partial charge >= 0.3 is 0 Å². The summed E-state index contributed by atoms with van der Waals surface area (Å²) in [6.45, 7) is 3.82. The number of benzene rings is 1. The highest BCUT2D eigenvalue weighted by Gasteiger charge is 2.14. The Morgan fingerprint density at radius 1 is 1.38 bits per heavy atom. The van der Waals surface area contributed by atoms with Crippen molar-refractivity contribution in [3.05, 3.63) is 65.1 Å². The highest BCUT2D eigenvalue weighted by atomic mass is 16.3. The third-order valence-electron chi connectivity index (χ3n) is 3.23. The third-order valence-corrected chi connectivity index (χ3v) is 3.23. The van der Waals surface area contributed by atoms with Gasteiger partial charge in [-0.15, -0.1) is 0 Å². The molecule has 1 atom stereocenters. The van der Waals surface area contributed by atoms with E-state index in [0.29, 0.717) is 5.76 Å². The first kappa shape index (κ1) is 15.1. The van der Waals surface area contributed by atoms with Crippen molar-refractivity contribution < 1.29 is 14.3 Å². The minimum absolute atomic E-state index is 0.212. The summed E-state index contributed by atoms with van der Waals surface area (Å²) in [6.07, 6.45) is 4.74. The number of aliphatic hydroxyl groups is 1. The summed E-state index contributed by atoms with van der Waals surface area (Å²) in [5, 5.41) is 12.0. The molecule has 4 nitrogen and oxygen atoms in total. The predicted molar refractivity (Wildman–Crippen MR) is 81.6 cm³/mol. The van der Waals surface area contributed by atoms with E-state index in [9.17, 15) is 9.90 Å². The molecule has 2 aromatic rings. The van der Waals surface area contributed by atoms with Gasteiger partial charge in [-0.3, -0.25) is 4.79 Å². The predicted octanol–water partition coefficient (Wildman–Crippen LogP) is 2.76. The van der Waals surface area contributed by atoms with Crippen LogP contribution in [0.1, 0.15) is 28.5 Å². The summed E-state index contributed by atoms with van der Waals surface area (Å²) in [5.41, 5.74) is 3.30. The van der Waals surface area contributed by atoms with Crippen molar-refractivity contribution in [1.29, 1.82) is 0 Å². The van der Waals surface area contributed by atoms with E-state index in [1.54, 1.807) is 18.2 Å². The number of rotatable bonds is 5. The molecule has 21 heavy (non-hydrogen) atoms. The van der Waals surface area contributed by atoms with Gasteiger partial charge in [0.1, 0.15) is 11.8 Å². The molecular formula is C17H19NO3. The Balaban J connectivity index is 2.02. The highest BCUT2D eigenvalue weighted by molar-refractivity contribution is 5.92. The van der Waals surface area contributed by atoms with Crippen LogP contribution in [-0.2, 0) is 4.79 Å². The molecule has 0 saturated heterocycles. The molecule has 2 N–H and O–H groups in total. The number of hydrogen-bond acceptors (Lipinski definition) is 3. The lowest BCUT2D eigenvalue weighted by Gasteiger charge is -2.12. The van der Waals surface area contributed by atoms with E-state index in [1.807, 2.05) is 26.0 Å². The van der Waals surface area contributed by atoms with Crippen molar-refractivity contribution in [1.82, 2.24) is 5.32 Å². The SMILES string of the molecule is Cc1ccc(/C=C/C(=O)NC(CO)c2ccco2)c(C)c1. The fraction of sp³-hybridized carbons (Fsp3) is 0.235. The van der Waals surface area contributed by atoms with Crippen LogP contribution in [0.5, 0.6) is 0 Å². The first-order valence-electron chi connectivity index (χ1n) is 6.80. The minimum Gasteiger partial charge on any atom is -0.467 e. The largest absolute Gasteiger partial charge is 0.467 e. The van der Waals surface area contributed by atoms with E-state index in [4.69, 9.17) is 4.42 Å². The van der Waals surface area contributed by atoms with Crippen LogP contribution in [-0.4, -0.2) is 17.6 Å². The van der Waals surface area contributed by atoms with Crippen molar-refractivity contribution in [2.75, 3.05) is 6.61 Å². The number of carbonyl (C=O) groups excluding carboxylic acids is 1. The fourth-order valence-electron chi connectivity index (χ4n) is 2.09. The maximum Gasteiger partial charge on any atom is 0.244 e. The lowest BCUT2D eigenvalue weighted by Crippen LogP contribution is -2.28. The van der Waals surface area contributed by atoms with E-state index >= 15 is 0 Å².